The highest BCUT2D eigenvalue weighted by Gasteiger charge is 2.21. The molecule has 20 heavy (non-hydrogen) atoms. The fourth-order valence-electron chi connectivity index (χ4n) is 2.68. The molecule has 1 unspecified atom stereocenters. The van der Waals surface area contributed by atoms with E-state index in [4.69, 9.17) is 4.74 Å². The fraction of sp³-hybridized carbons (Fsp3) is 0.643. The third-order valence-corrected chi connectivity index (χ3v) is 3.81. The van der Waals surface area contributed by atoms with E-state index in [0.29, 0.717) is 11.5 Å². The van der Waals surface area contributed by atoms with Crippen molar-refractivity contribution in [2.45, 2.75) is 31.8 Å². The smallest absolute Gasteiger partial charge is 0.272 e. The molecule has 0 bridgehead atoms. The van der Waals surface area contributed by atoms with Gasteiger partial charge in [-0.05, 0) is 25.7 Å². The number of amides is 1. The van der Waals surface area contributed by atoms with Crippen LogP contribution in [0.3, 0.4) is 0 Å². The molecule has 1 amide bonds. The molecule has 0 saturated carbocycles. The molecule has 2 fully saturated rings. The number of ether oxygens (including phenoxy) is 1. The number of rotatable bonds is 4. The van der Waals surface area contributed by atoms with E-state index in [1.165, 1.54) is 6.33 Å². The van der Waals surface area contributed by atoms with Gasteiger partial charge in [0.2, 0.25) is 0 Å². The van der Waals surface area contributed by atoms with Crippen LogP contribution < -0.4 is 5.32 Å². The van der Waals surface area contributed by atoms with Crippen molar-refractivity contribution in [2.24, 2.45) is 0 Å². The third-order valence-electron chi connectivity index (χ3n) is 3.81. The second-order valence-corrected chi connectivity index (χ2v) is 5.30. The lowest BCUT2D eigenvalue weighted by Gasteiger charge is -2.15. The minimum absolute atomic E-state index is 0.00469. The molecule has 1 N–H and O–H groups in total. The Morgan fingerprint density at radius 3 is 2.95 bits per heavy atom. The van der Waals surface area contributed by atoms with Crippen LogP contribution in [0.5, 0.6) is 0 Å². The van der Waals surface area contributed by atoms with Gasteiger partial charge in [-0.25, -0.2) is 9.97 Å². The summed E-state index contributed by atoms with van der Waals surface area (Å²) in [5, 5.41) is 3.23. The maximum atomic E-state index is 12.2. The Morgan fingerprint density at radius 1 is 1.35 bits per heavy atom. The minimum Gasteiger partial charge on any atom is -0.376 e. The average Bonchev–Trinajstić information content (AvgIpc) is 3.18. The molecule has 6 heteroatoms. The standard InChI is InChI=1S/C14H20N4O2/c19-14(18-5-1-2-6-18)12-8-13(17-10-16-12)15-9-11-4-3-7-20-11/h8,10-11H,1-7,9H2,(H,15,16,17). The van der Waals surface area contributed by atoms with Crippen LogP contribution in [0.2, 0.25) is 0 Å². The van der Waals surface area contributed by atoms with E-state index < -0.39 is 0 Å². The van der Waals surface area contributed by atoms with Gasteiger partial charge in [-0.15, -0.1) is 0 Å². The summed E-state index contributed by atoms with van der Waals surface area (Å²) in [6.45, 7) is 3.24. The molecule has 1 atom stereocenters. The normalized spacial score (nSPS) is 22.2. The van der Waals surface area contributed by atoms with E-state index in [-0.39, 0.29) is 12.0 Å². The Bertz CT molecular complexity index is 468. The number of likely N-dealkylation sites (tertiary alicyclic amines) is 1. The van der Waals surface area contributed by atoms with Crippen molar-refractivity contribution in [3.8, 4) is 0 Å². The van der Waals surface area contributed by atoms with Crippen LogP contribution in [0.4, 0.5) is 5.82 Å². The van der Waals surface area contributed by atoms with Crippen LogP contribution in [0, 0.1) is 0 Å². The maximum Gasteiger partial charge on any atom is 0.272 e. The molecule has 1 aromatic rings. The molecule has 1 aromatic heterocycles. The van der Waals surface area contributed by atoms with Gasteiger partial charge in [0, 0.05) is 32.3 Å². The predicted octanol–water partition coefficient (Wildman–Crippen LogP) is 1.30. The zero-order valence-corrected chi connectivity index (χ0v) is 11.5. The van der Waals surface area contributed by atoms with Crippen LogP contribution in [0.1, 0.15) is 36.2 Å². The highest BCUT2D eigenvalue weighted by atomic mass is 16.5. The number of nitrogens with one attached hydrogen (secondary N) is 1. The van der Waals surface area contributed by atoms with Crippen molar-refractivity contribution in [1.29, 1.82) is 0 Å². The van der Waals surface area contributed by atoms with E-state index in [0.717, 1.165) is 51.9 Å². The van der Waals surface area contributed by atoms with E-state index in [9.17, 15) is 4.79 Å². The summed E-state index contributed by atoms with van der Waals surface area (Å²) < 4.78 is 5.55. The highest BCUT2D eigenvalue weighted by molar-refractivity contribution is 5.93. The Kier molecular flexibility index (Phi) is 4.11. The number of hydrogen-bond donors (Lipinski definition) is 1. The molecular weight excluding hydrogens is 256 g/mol. The molecule has 2 aliphatic heterocycles. The summed E-state index contributed by atoms with van der Waals surface area (Å²) in [6.07, 6.45) is 6.07. The van der Waals surface area contributed by atoms with Crippen LogP contribution in [0.25, 0.3) is 0 Å². The topological polar surface area (TPSA) is 67.3 Å². The molecule has 0 spiro atoms. The van der Waals surface area contributed by atoms with Crippen molar-refractivity contribution < 1.29 is 9.53 Å². The first-order chi connectivity index (χ1) is 9.83. The van der Waals surface area contributed by atoms with Gasteiger partial charge in [0.15, 0.2) is 0 Å². The van der Waals surface area contributed by atoms with Crippen molar-refractivity contribution >= 4 is 11.7 Å². The monoisotopic (exact) mass is 276 g/mol. The van der Waals surface area contributed by atoms with E-state index in [1.807, 2.05) is 4.90 Å². The van der Waals surface area contributed by atoms with Gasteiger partial charge >= 0.3 is 0 Å². The Labute approximate surface area is 118 Å². The van der Waals surface area contributed by atoms with Crippen LogP contribution in [0.15, 0.2) is 12.4 Å². The lowest BCUT2D eigenvalue weighted by atomic mass is 10.2. The molecule has 3 rings (SSSR count). The summed E-state index contributed by atoms with van der Waals surface area (Å²) in [5.41, 5.74) is 0.469. The van der Waals surface area contributed by atoms with Crippen LogP contribution in [-0.4, -0.2) is 53.1 Å². The minimum atomic E-state index is 0.00469. The molecule has 0 aromatic carbocycles. The van der Waals surface area contributed by atoms with Crippen LogP contribution in [-0.2, 0) is 4.74 Å². The number of aromatic nitrogens is 2. The second kappa shape index (κ2) is 6.17. The van der Waals surface area contributed by atoms with Gasteiger partial charge in [-0.1, -0.05) is 0 Å². The summed E-state index contributed by atoms with van der Waals surface area (Å²) in [5.74, 6) is 0.697. The third kappa shape index (κ3) is 3.07. The van der Waals surface area contributed by atoms with Gasteiger partial charge in [0.1, 0.15) is 17.8 Å². The molecule has 6 nitrogen and oxygen atoms in total. The zero-order valence-electron chi connectivity index (χ0n) is 11.5. The number of hydrogen-bond acceptors (Lipinski definition) is 5. The van der Waals surface area contributed by atoms with Gasteiger partial charge in [-0.3, -0.25) is 4.79 Å². The molecule has 0 radical (unpaired) electrons. The Hall–Kier alpha value is -1.69. The predicted molar refractivity (Wildman–Crippen MR) is 74.6 cm³/mol. The first-order valence-corrected chi connectivity index (χ1v) is 7.30. The first kappa shape index (κ1) is 13.3. The molecule has 108 valence electrons. The summed E-state index contributed by atoms with van der Waals surface area (Å²) >= 11 is 0. The molecule has 2 aliphatic rings. The summed E-state index contributed by atoms with van der Waals surface area (Å²) in [4.78, 5) is 22.3. The zero-order chi connectivity index (χ0) is 13.8. The van der Waals surface area contributed by atoms with Crippen molar-refractivity contribution in [2.75, 3.05) is 31.6 Å². The molecular formula is C14H20N4O2. The lowest BCUT2D eigenvalue weighted by molar-refractivity contribution is 0.0787. The van der Waals surface area contributed by atoms with Gasteiger partial charge in [0.05, 0.1) is 6.10 Å². The van der Waals surface area contributed by atoms with Crippen molar-refractivity contribution in [1.82, 2.24) is 14.9 Å². The van der Waals surface area contributed by atoms with E-state index >= 15 is 0 Å². The fourth-order valence-corrected chi connectivity index (χ4v) is 2.68. The number of carbonyl (C=O) groups excluding carboxylic acids is 1. The van der Waals surface area contributed by atoms with Gasteiger partial charge in [-0.2, -0.15) is 0 Å². The SMILES string of the molecule is O=C(c1cc(NCC2CCCO2)ncn1)N1CCCC1. The number of nitrogens with zero attached hydrogens (tertiary/aromatic N) is 3. The quantitative estimate of drug-likeness (QED) is 0.898. The number of anilines is 1. The molecule has 3 heterocycles. The molecule has 2 saturated heterocycles. The Balaban J connectivity index is 1.61. The second-order valence-electron chi connectivity index (χ2n) is 5.30. The largest absolute Gasteiger partial charge is 0.376 e. The summed E-state index contributed by atoms with van der Waals surface area (Å²) in [6, 6.07) is 1.73. The highest BCUT2D eigenvalue weighted by Crippen LogP contribution is 2.15. The van der Waals surface area contributed by atoms with Crippen LogP contribution >= 0.6 is 0 Å². The van der Waals surface area contributed by atoms with Crippen molar-refractivity contribution in [3.05, 3.63) is 18.1 Å². The first-order valence-electron chi connectivity index (χ1n) is 7.30. The van der Waals surface area contributed by atoms with E-state index in [1.54, 1.807) is 6.07 Å². The van der Waals surface area contributed by atoms with Gasteiger partial charge < -0.3 is 15.0 Å². The Morgan fingerprint density at radius 2 is 2.20 bits per heavy atom. The molecule has 0 aliphatic carbocycles. The van der Waals surface area contributed by atoms with Gasteiger partial charge in [0.25, 0.3) is 5.91 Å². The average molecular weight is 276 g/mol. The number of carbonyl (C=O) groups is 1. The lowest BCUT2D eigenvalue weighted by Crippen LogP contribution is -2.28. The van der Waals surface area contributed by atoms with Crippen molar-refractivity contribution in [3.63, 3.8) is 0 Å². The maximum absolute atomic E-state index is 12.2. The van der Waals surface area contributed by atoms with E-state index in [2.05, 4.69) is 15.3 Å². The summed E-state index contributed by atoms with van der Waals surface area (Å²) in [7, 11) is 0.